The van der Waals surface area contributed by atoms with Gasteiger partial charge in [-0.15, -0.1) is 17.9 Å². The van der Waals surface area contributed by atoms with Gasteiger partial charge in [0.1, 0.15) is 24.6 Å². The van der Waals surface area contributed by atoms with Crippen LogP contribution in [0.4, 0.5) is 4.79 Å². The summed E-state index contributed by atoms with van der Waals surface area (Å²) in [5.74, 6) is -1.98. The van der Waals surface area contributed by atoms with E-state index in [-0.39, 0.29) is 24.7 Å². The van der Waals surface area contributed by atoms with Crippen LogP contribution in [0.3, 0.4) is 0 Å². The summed E-state index contributed by atoms with van der Waals surface area (Å²) in [4.78, 5) is 45.7. The van der Waals surface area contributed by atoms with Crippen molar-refractivity contribution < 1.29 is 33.7 Å². The number of esters is 1. The molecule has 1 N–H and O–H groups in total. The number of carbonyl (C=O) groups excluding carboxylic acids is 3. The van der Waals surface area contributed by atoms with Crippen LogP contribution in [0.1, 0.15) is 88.5 Å². The normalized spacial score (nSPS) is 24.4. The fourth-order valence-corrected chi connectivity index (χ4v) is 7.15. The number of aromatic nitrogens is 1. The third-order valence-corrected chi connectivity index (χ3v) is 10.3. The highest BCUT2D eigenvalue weighted by molar-refractivity contribution is 7.18. The minimum Gasteiger partial charge on any atom is -0.457 e. The Hall–Kier alpha value is -3.53. The van der Waals surface area contributed by atoms with E-state index in [1.165, 1.54) is 0 Å². The Morgan fingerprint density at radius 1 is 1.21 bits per heavy atom. The fourth-order valence-electron chi connectivity index (χ4n) is 6.13. The summed E-state index contributed by atoms with van der Waals surface area (Å²) >= 11 is 7.67. The molecule has 0 saturated heterocycles. The van der Waals surface area contributed by atoms with Gasteiger partial charge < -0.3 is 19.3 Å². The molecule has 4 rings (SSSR count). The molecular formula is C38H46ClNO7S. The number of rotatable bonds is 6. The average molecular weight is 696 g/mol. The Morgan fingerprint density at radius 2 is 1.98 bits per heavy atom. The van der Waals surface area contributed by atoms with E-state index in [1.807, 2.05) is 39.0 Å². The van der Waals surface area contributed by atoms with Crippen molar-refractivity contribution in [2.75, 3.05) is 0 Å². The number of aliphatic hydroxyl groups excluding tert-OH is 1. The van der Waals surface area contributed by atoms with Gasteiger partial charge in [0.2, 0.25) is 0 Å². The Morgan fingerprint density at radius 3 is 2.71 bits per heavy atom. The molecule has 10 heteroatoms. The summed E-state index contributed by atoms with van der Waals surface area (Å²) in [5, 5.41) is 12.8. The quantitative estimate of drug-likeness (QED) is 0.201. The number of allylic oxidation sites excluding steroid dienone is 2. The van der Waals surface area contributed by atoms with Crippen LogP contribution in [0.2, 0.25) is 5.02 Å². The first-order valence-corrected chi connectivity index (χ1v) is 17.6. The molecule has 2 aromatic carbocycles. The SMILES string of the molecule is C=CC[C@H]1C(=O)C(C)(C)[C@@H](OC(=O)OCc2cccc(Cl)c2)CC(=O)O[C@H](c2ccc3sc(C)nc3c2)CC=C(C)CCC[C@H](C)[C@@H]1O. The lowest BCUT2D eigenvalue weighted by Gasteiger charge is -2.37. The van der Waals surface area contributed by atoms with Gasteiger partial charge in [0, 0.05) is 17.4 Å². The molecule has 1 aromatic heterocycles. The molecule has 0 aliphatic carbocycles. The minimum atomic E-state index is -1.40. The van der Waals surface area contributed by atoms with Crippen molar-refractivity contribution in [1.82, 2.24) is 4.98 Å². The summed E-state index contributed by atoms with van der Waals surface area (Å²) in [7, 11) is 0. The Bertz CT molecular complexity index is 1650. The lowest BCUT2D eigenvalue weighted by atomic mass is 9.71. The number of aliphatic hydroxyl groups is 1. The summed E-state index contributed by atoms with van der Waals surface area (Å²) in [6.45, 7) is 12.9. The van der Waals surface area contributed by atoms with Gasteiger partial charge in [-0.05, 0) is 94.7 Å². The number of benzene rings is 2. The van der Waals surface area contributed by atoms with E-state index in [0.29, 0.717) is 23.4 Å². The zero-order valence-electron chi connectivity index (χ0n) is 28.4. The predicted molar refractivity (Wildman–Crippen MR) is 189 cm³/mol. The monoisotopic (exact) mass is 695 g/mol. The smallest absolute Gasteiger partial charge is 0.457 e. The van der Waals surface area contributed by atoms with Crippen molar-refractivity contribution >= 4 is 51.1 Å². The highest BCUT2D eigenvalue weighted by Crippen LogP contribution is 2.37. The molecule has 258 valence electrons. The van der Waals surface area contributed by atoms with Gasteiger partial charge in [-0.3, -0.25) is 9.59 Å². The van der Waals surface area contributed by atoms with Crippen molar-refractivity contribution in [2.24, 2.45) is 17.3 Å². The zero-order valence-corrected chi connectivity index (χ0v) is 29.9. The maximum Gasteiger partial charge on any atom is 0.508 e. The van der Waals surface area contributed by atoms with E-state index in [9.17, 15) is 19.5 Å². The summed E-state index contributed by atoms with van der Waals surface area (Å²) < 4.78 is 18.3. The van der Waals surface area contributed by atoms with Gasteiger partial charge in [0.05, 0.1) is 33.2 Å². The maximum absolute atomic E-state index is 14.3. The first-order chi connectivity index (χ1) is 22.8. The Labute approximate surface area is 292 Å². The summed E-state index contributed by atoms with van der Waals surface area (Å²) in [5.41, 5.74) is 2.01. The van der Waals surface area contributed by atoms with Gasteiger partial charge in [-0.25, -0.2) is 9.78 Å². The summed E-state index contributed by atoms with van der Waals surface area (Å²) in [6.07, 6.45) is 2.38. The van der Waals surface area contributed by atoms with Crippen LogP contribution in [0, 0.1) is 24.2 Å². The van der Waals surface area contributed by atoms with Crippen LogP contribution in [0.5, 0.6) is 0 Å². The standard InChI is InChI=1S/C38H46ClNO7S/c1-7-10-29-35(42)24(3)12-8-11-23(2)15-17-31(27-16-18-32-30(20-27)40-25(4)48-32)46-34(41)21-33(38(5,6)36(29)43)47-37(44)45-22-26-13-9-14-28(39)19-26/h7,9,13-16,18-20,24,29,31,33,35,42H,1,8,10-12,17,21-22H2,2-6H3/t24-,29+,31-,33-,35-/m0/s1. The molecule has 0 fully saturated rings. The van der Waals surface area contributed by atoms with Crippen LogP contribution in [-0.4, -0.2) is 40.2 Å². The Balaban J connectivity index is 1.67. The molecule has 48 heavy (non-hydrogen) atoms. The number of ketones is 1. The first-order valence-electron chi connectivity index (χ1n) is 16.4. The molecule has 1 aliphatic rings. The molecule has 1 aliphatic heterocycles. The first kappa shape index (κ1) is 37.3. The van der Waals surface area contributed by atoms with Crippen molar-refractivity contribution in [1.29, 1.82) is 0 Å². The van der Waals surface area contributed by atoms with Gasteiger partial charge in [-0.1, -0.05) is 54.4 Å². The molecule has 2 heterocycles. The highest BCUT2D eigenvalue weighted by atomic mass is 35.5. The number of halogens is 1. The van der Waals surface area contributed by atoms with Crippen molar-refractivity contribution in [3.8, 4) is 0 Å². The molecule has 0 bridgehead atoms. The van der Waals surface area contributed by atoms with E-state index in [2.05, 4.69) is 17.6 Å². The fraction of sp³-hybridized carbons (Fsp3) is 0.474. The van der Waals surface area contributed by atoms with E-state index in [4.69, 9.17) is 25.8 Å². The van der Waals surface area contributed by atoms with Crippen LogP contribution >= 0.6 is 22.9 Å². The van der Waals surface area contributed by atoms with Crippen LogP contribution < -0.4 is 0 Å². The number of Topliss-reactive ketones (excluding diaryl/α,β-unsaturated/α-hetero) is 1. The van der Waals surface area contributed by atoms with Gasteiger partial charge in [0.15, 0.2) is 0 Å². The van der Waals surface area contributed by atoms with Crippen molar-refractivity contribution in [2.45, 2.75) is 98.1 Å². The van der Waals surface area contributed by atoms with Gasteiger partial charge in [0.25, 0.3) is 0 Å². The number of cyclic esters (lactones) is 1. The molecule has 0 saturated carbocycles. The number of thiazole rings is 1. The second kappa shape index (κ2) is 16.7. The second-order valence-electron chi connectivity index (χ2n) is 13.3. The summed E-state index contributed by atoms with van der Waals surface area (Å²) in [6, 6.07) is 12.7. The van der Waals surface area contributed by atoms with E-state index >= 15 is 0 Å². The minimum absolute atomic E-state index is 0.118. The molecule has 0 amide bonds. The van der Waals surface area contributed by atoms with E-state index < -0.39 is 48.2 Å². The number of carbonyl (C=O) groups is 3. The number of nitrogens with zero attached hydrogens (tertiary/aromatic N) is 1. The van der Waals surface area contributed by atoms with Crippen molar-refractivity contribution in [3.63, 3.8) is 0 Å². The molecule has 0 radical (unpaired) electrons. The van der Waals surface area contributed by atoms with Gasteiger partial charge >= 0.3 is 12.1 Å². The van der Waals surface area contributed by atoms with E-state index in [1.54, 1.807) is 55.5 Å². The topological polar surface area (TPSA) is 112 Å². The van der Waals surface area contributed by atoms with Gasteiger partial charge in [-0.2, -0.15) is 0 Å². The molecule has 8 nitrogen and oxygen atoms in total. The lowest BCUT2D eigenvalue weighted by Crippen LogP contribution is -2.48. The van der Waals surface area contributed by atoms with E-state index in [0.717, 1.165) is 39.2 Å². The number of hydrogen-bond acceptors (Lipinski definition) is 9. The highest BCUT2D eigenvalue weighted by Gasteiger charge is 2.46. The maximum atomic E-state index is 14.3. The zero-order chi connectivity index (χ0) is 35.0. The van der Waals surface area contributed by atoms with Crippen LogP contribution in [0.15, 0.2) is 66.8 Å². The number of hydrogen-bond donors (Lipinski definition) is 1. The lowest BCUT2D eigenvalue weighted by molar-refractivity contribution is -0.157. The molecule has 0 unspecified atom stereocenters. The van der Waals surface area contributed by atoms with Crippen molar-refractivity contribution in [3.05, 3.63) is 87.9 Å². The molecule has 0 spiro atoms. The molecule has 5 atom stereocenters. The predicted octanol–water partition coefficient (Wildman–Crippen LogP) is 9.26. The third kappa shape index (κ3) is 9.77. The number of aryl methyl sites for hydroxylation is 1. The average Bonchev–Trinajstić information content (AvgIpc) is 3.42. The number of ether oxygens (including phenoxy) is 3. The molecular weight excluding hydrogens is 650 g/mol. The third-order valence-electron chi connectivity index (χ3n) is 9.10. The van der Waals surface area contributed by atoms with Crippen LogP contribution in [0.25, 0.3) is 10.2 Å². The largest absolute Gasteiger partial charge is 0.508 e. The Kier molecular flexibility index (Phi) is 13.0. The van der Waals surface area contributed by atoms with Crippen LogP contribution in [-0.2, 0) is 30.4 Å². The molecule has 3 aromatic rings. The second-order valence-corrected chi connectivity index (χ2v) is 15.0. The number of fused-ring (bicyclic) bond motifs is 1.